The summed E-state index contributed by atoms with van der Waals surface area (Å²) in [6, 6.07) is 23.1. The van der Waals surface area contributed by atoms with E-state index in [-0.39, 0.29) is 0 Å². The van der Waals surface area contributed by atoms with Crippen LogP contribution in [0.4, 0.5) is 0 Å². The van der Waals surface area contributed by atoms with Crippen molar-refractivity contribution in [3.8, 4) is 39.8 Å². The third kappa shape index (κ3) is 4.88. The van der Waals surface area contributed by atoms with Gasteiger partial charge in [-0.15, -0.1) is 0 Å². The van der Waals surface area contributed by atoms with E-state index >= 15 is 0 Å². The Kier molecular flexibility index (Phi) is 6.82. The molecule has 0 fully saturated rings. The summed E-state index contributed by atoms with van der Waals surface area (Å²) in [6.07, 6.45) is 0. The van der Waals surface area contributed by atoms with Crippen LogP contribution in [0.5, 0.6) is 17.2 Å². The zero-order valence-corrected chi connectivity index (χ0v) is 19.3. The molecule has 0 bridgehead atoms. The summed E-state index contributed by atoms with van der Waals surface area (Å²) in [5.74, 6) is 0.915. The van der Waals surface area contributed by atoms with Crippen LogP contribution in [0.1, 0.15) is 11.1 Å². The van der Waals surface area contributed by atoms with E-state index in [0.29, 0.717) is 18.0 Å². The molecule has 4 aromatic rings. The topological polar surface area (TPSA) is 82.8 Å². The first-order chi connectivity index (χ1) is 16.5. The number of ether oxygens (including phenoxy) is 3. The van der Waals surface area contributed by atoms with Crippen molar-refractivity contribution < 1.29 is 24.1 Å². The number of aromatic nitrogens is 2. The van der Waals surface area contributed by atoms with Crippen molar-refractivity contribution in [3.05, 3.63) is 83.9 Å². The molecule has 0 aliphatic rings. The van der Waals surface area contributed by atoms with Crippen molar-refractivity contribution >= 4 is 5.97 Å². The van der Waals surface area contributed by atoms with E-state index < -0.39 is 12.6 Å². The standard InChI is InChI=1S/C27H26N2O5/c1-18-12-13-26(34-17-27(30)31)21(14-18)22-15-23(20-9-5-7-11-25(20)33-3)29(28-22)16-19-8-4-6-10-24(19)32-2/h4-15H,16-17H2,1-3H3,(H,30,31). The fraction of sp³-hybridized carbons (Fsp3) is 0.185. The number of aryl methyl sites for hydroxylation is 1. The van der Waals surface area contributed by atoms with Crippen LogP contribution in [-0.4, -0.2) is 41.7 Å². The number of hydrogen-bond donors (Lipinski definition) is 1. The summed E-state index contributed by atoms with van der Waals surface area (Å²) in [5.41, 5.74) is 5.11. The Hall–Kier alpha value is -4.26. The fourth-order valence-electron chi connectivity index (χ4n) is 3.85. The molecule has 4 rings (SSSR count). The third-order valence-electron chi connectivity index (χ3n) is 5.44. The number of rotatable bonds is 9. The lowest BCUT2D eigenvalue weighted by molar-refractivity contribution is -0.139. The van der Waals surface area contributed by atoms with Crippen LogP contribution in [0, 0.1) is 6.92 Å². The van der Waals surface area contributed by atoms with Crippen molar-refractivity contribution in [2.45, 2.75) is 13.5 Å². The monoisotopic (exact) mass is 458 g/mol. The lowest BCUT2D eigenvalue weighted by Gasteiger charge is -2.13. The molecule has 1 aromatic heterocycles. The molecule has 0 radical (unpaired) electrons. The fourth-order valence-corrected chi connectivity index (χ4v) is 3.85. The van der Waals surface area contributed by atoms with Crippen LogP contribution < -0.4 is 14.2 Å². The average Bonchev–Trinajstić information content (AvgIpc) is 3.26. The number of nitrogens with zero attached hydrogens (tertiary/aromatic N) is 2. The average molecular weight is 459 g/mol. The first-order valence-electron chi connectivity index (χ1n) is 10.8. The second kappa shape index (κ2) is 10.1. The number of carbonyl (C=O) groups is 1. The van der Waals surface area contributed by atoms with Gasteiger partial charge in [-0.2, -0.15) is 5.10 Å². The first kappa shape index (κ1) is 22.9. The molecular formula is C27H26N2O5. The van der Waals surface area contributed by atoms with E-state index in [4.69, 9.17) is 24.4 Å². The number of carboxylic acids is 1. The lowest BCUT2D eigenvalue weighted by atomic mass is 10.1. The maximum atomic E-state index is 11.1. The molecule has 7 nitrogen and oxygen atoms in total. The third-order valence-corrected chi connectivity index (χ3v) is 5.44. The maximum absolute atomic E-state index is 11.1. The Morgan fingerprint density at radius 2 is 1.59 bits per heavy atom. The van der Waals surface area contributed by atoms with Gasteiger partial charge in [0.15, 0.2) is 6.61 Å². The van der Waals surface area contributed by atoms with Crippen LogP contribution in [0.25, 0.3) is 22.5 Å². The highest BCUT2D eigenvalue weighted by molar-refractivity contribution is 5.76. The minimum atomic E-state index is -1.04. The summed E-state index contributed by atoms with van der Waals surface area (Å²) >= 11 is 0. The number of hydrogen-bond acceptors (Lipinski definition) is 5. The number of methoxy groups -OCH3 is 2. The van der Waals surface area contributed by atoms with Crippen molar-refractivity contribution in [2.24, 2.45) is 0 Å². The molecule has 0 unspecified atom stereocenters. The molecule has 0 amide bonds. The molecule has 0 saturated carbocycles. The van der Waals surface area contributed by atoms with E-state index in [1.807, 2.05) is 78.3 Å². The Bertz CT molecular complexity index is 1310. The molecule has 0 aliphatic carbocycles. The highest BCUT2D eigenvalue weighted by Gasteiger charge is 2.19. The Labute approximate surface area is 198 Å². The number of aliphatic carboxylic acids is 1. The van der Waals surface area contributed by atoms with Crippen molar-refractivity contribution in [2.75, 3.05) is 20.8 Å². The molecular weight excluding hydrogens is 432 g/mol. The molecule has 34 heavy (non-hydrogen) atoms. The van der Waals surface area contributed by atoms with Gasteiger partial charge < -0.3 is 19.3 Å². The van der Waals surface area contributed by atoms with E-state index in [9.17, 15) is 4.79 Å². The highest BCUT2D eigenvalue weighted by atomic mass is 16.5. The molecule has 0 aliphatic heterocycles. The minimum absolute atomic E-state index is 0.433. The molecule has 0 spiro atoms. The van der Waals surface area contributed by atoms with Gasteiger partial charge in [-0.3, -0.25) is 4.68 Å². The van der Waals surface area contributed by atoms with Gasteiger partial charge in [-0.05, 0) is 43.3 Å². The van der Waals surface area contributed by atoms with Crippen LogP contribution in [-0.2, 0) is 11.3 Å². The van der Waals surface area contributed by atoms with E-state index in [1.165, 1.54) is 0 Å². The molecule has 1 N–H and O–H groups in total. The molecule has 3 aromatic carbocycles. The quantitative estimate of drug-likeness (QED) is 0.378. The summed E-state index contributed by atoms with van der Waals surface area (Å²) < 4.78 is 18.6. The van der Waals surface area contributed by atoms with E-state index in [2.05, 4.69) is 0 Å². The van der Waals surface area contributed by atoms with Gasteiger partial charge in [0.25, 0.3) is 0 Å². The summed E-state index contributed by atoms with van der Waals surface area (Å²) in [7, 11) is 3.28. The number of para-hydroxylation sites is 2. The van der Waals surface area contributed by atoms with Gasteiger partial charge >= 0.3 is 5.97 Å². The predicted octanol–water partition coefficient (Wildman–Crippen LogP) is 5.05. The zero-order chi connectivity index (χ0) is 24.1. The van der Waals surface area contributed by atoms with Crippen LogP contribution in [0.2, 0.25) is 0 Å². The second-order valence-electron chi connectivity index (χ2n) is 7.77. The Balaban J connectivity index is 1.87. The Morgan fingerprint density at radius 3 is 2.32 bits per heavy atom. The molecule has 0 saturated heterocycles. The van der Waals surface area contributed by atoms with Crippen molar-refractivity contribution in [1.29, 1.82) is 0 Å². The van der Waals surface area contributed by atoms with Crippen LogP contribution >= 0.6 is 0 Å². The summed E-state index contributed by atoms with van der Waals surface area (Å²) in [5, 5.41) is 14.0. The largest absolute Gasteiger partial charge is 0.496 e. The van der Waals surface area contributed by atoms with E-state index in [0.717, 1.165) is 39.4 Å². The number of carboxylic acid groups (broad SMARTS) is 1. The highest BCUT2D eigenvalue weighted by Crippen LogP contribution is 2.36. The SMILES string of the molecule is COc1ccccc1Cn1nc(-c2cc(C)ccc2OCC(=O)O)cc1-c1ccccc1OC. The minimum Gasteiger partial charge on any atom is -0.496 e. The molecule has 174 valence electrons. The smallest absolute Gasteiger partial charge is 0.341 e. The van der Waals surface area contributed by atoms with Gasteiger partial charge in [-0.25, -0.2) is 4.79 Å². The van der Waals surface area contributed by atoms with Gasteiger partial charge in [0, 0.05) is 16.7 Å². The van der Waals surface area contributed by atoms with Crippen molar-refractivity contribution in [1.82, 2.24) is 9.78 Å². The van der Waals surface area contributed by atoms with E-state index in [1.54, 1.807) is 20.3 Å². The summed E-state index contributed by atoms with van der Waals surface area (Å²) in [4.78, 5) is 11.1. The first-order valence-corrected chi connectivity index (χ1v) is 10.8. The second-order valence-corrected chi connectivity index (χ2v) is 7.77. The zero-order valence-electron chi connectivity index (χ0n) is 19.3. The lowest BCUT2D eigenvalue weighted by Crippen LogP contribution is -2.10. The van der Waals surface area contributed by atoms with Gasteiger partial charge in [0.1, 0.15) is 17.2 Å². The van der Waals surface area contributed by atoms with Gasteiger partial charge in [-0.1, -0.05) is 42.0 Å². The molecule has 7 heteroatoms. The van der Waals surface area contributed by atoms with Crippen molar-refractivity contribution in [3.63, 3.8) is 0 Å². The number of benzene rings is 3. The van der Waals surface area contributed by atoms with Gasteiger partial charge in [0.05, 0.1) is 32.2 Å². The van der Waals surface area contributed by atoms with Gasteiger partial charge in [0.2, 0.25) is 0 Å². The van der Waals surface area contributed by atoms with Crippen LogP contribution in [0.3, 0.4) is 0 Å². The predicted molar refractivity (Wildman–Crippen MR) is 130 cm³/mol. The molecule has 0 atom stereocenters. The summed E-state index contributed by atoms with van der Waals surface area (Å²) in [6.45, 7) is 2.00. The Morgan fingerprint density at radius 1 is 0.882 bits per heavy atom. The molecule has 1 heterocycles. The van der Waals surface area contributed by atoms with Crippen LogP contribution in [0.15, 0.2) is 72.8 Å². The normalized spacial score (nSPS) is 10.7. The maximum Gasteiger partial charge on any atom is 0.341 e.